The average Bonchev–Trinajstić information content (AvgIpc) is 2.54. The van der Waals surface area contributed by atoms with E-state index in [0.717, 1.165) is 31.6 Å². The summed E-state index contributed by atoms with van der Waals surface area (Å²) in [6, 6.07) is 3.85. The molecule has 0 radical (unpaired) electrons. The van der Waals surface area contributed by atoms with Crippen LogP contribution in [0.3, 0.4) is 0 Å². The van der Waals surface area contributed by atoms with E-state index in [9.17, 15) is 5.11 Å². The van der Waals surface area contributed by atoms with E-state index >= 15 is 0 Å². The zero-order valence-corrected chi connectivity index (χ0v) is 9.21. The topological polar surface area (TPSA) is 62.4 Å². The fourth-order valence-electron chi connectivity index (χ4n) is 2.99. The van der Waals surface area contributed by atoms with Crippen LogP contribution in [0.1, 0.15) is 12.8 Å². The van der Waals surface area contributed by atoms with Gasteiger partial charge in [0.25, 0.3) is 0 Å². The van der Waals surface area contributed by atoms with E-state index in [-0.39, 0.29) is 6.10 Å². The van der Waals surface area contributed by atoms with Gasteiger partial charge in [0.05, 0.1) is 18.0 Å². The summed E-state index contributed by atoms with van der Waals surface area (Å²) in [4.78, 5) is 6.44. The summed E-state index contributed by atoms with van der Waals surface area (Å²) < 4.78 is 0. The van der Waals surface area contributed by atoms with Crippen LogP contribution in [0.25, 0.3) is 0 Å². The number of nitrogens with two attached hydrogens (primary N) is 1. The number of aromatic nitrogens is 1. The van der Waals surface area contributed by atoms with Gasteiger partial charge in [0, 0.05) is 24.9 Å². The number of nitrogen functional groups attached to an aromatic ring is 1. The molecule has 86 valence electrons. The van der Waals surface area contributed by atoms with Gasteiger partial charge in [-0.2, -0.15) is 0 Å². The number of piperidine rings is 1. The van der Waals surface area contributed by atoms with Crippen molar-refractivity contribution < 1.29 is 5.11 Å². The SMILES string of the molecule is Nc1ccc(N2C[C@H]3CC[C@@H](C2)C3O)cn1. The highest BCUT2D eigenvalue weighted by molar-refractivity contribution is 5.48. The van der Waals surface area contributed by atoms with Gasteiger partial charge in [-0.05, 0) is 25.0 Å². The van der Waals surface area contributed by atoms with Gasteiger partial charge in [0.15, 0.2) is 0 Å². The van der Waals surface area contributed by atoms with Crippen LogP contribution in [0.15, 0.2) is 18.3 Å². The van der Waals surface area contributed by atoms with Crippen LogP contribution in [0.2, 0.25) is 0 Å². The molecule has 0 spiro atoms. The molecular formula is C12H17N3O. The molecule has 2 bridgehead atoms. The third-order valence-electron chi connectivity index (χ3n) is 3.92. The molecule has 2 aliphatic rings. The summed E-state index contributed by atoms with van der Waals surface area (Å²) in [5, 5.41) is 9.96. The minimum Gasteiger partial charge on any atom is -0.392 e. The van der Waals surface area contributed by atoms with Crippen molar-refractivity contribution in [3.63, 3.8) is 0 Å². The first-order valence-electron chi connectivity index (χ1n) is 5.88. The number of pyridine rings is 1. The van der Waals surface area contributed by atoms with Crippen LogP contribution in [0.4, 0.5) is 11.5 Å². The molecule has 2 fully saturated rings. The number of fused-ring (bicyclic) bond motifs is 2. The molecule has 3 rings (SSSR count). The number of rotatable bonds is 1. The van der Waals surface area contributed by atoms with E-state index in [1.807, 2.05) is 18.3 Å². The Bertz CT molecular complexity index is 364. The van der Waals surface area contributed by atoms with Crippen LogP contribution in [-0.2, 0) is 0 Å². The van der Waals surface area contributed by atoms with E-state index in [2.05, 4.69) is 9.88 Å². The van der Waals surface area contributed by atoms with Crippen molar-refractivity contribution in [2.75, 3.05) is 23.7 Å². The van der Waals surface area contributed by atoms with E-state index in [1.54, 1.807) is 0 Å². The number of anilines is 2. The molecule has 3 N–H and O–H groups in total. The first-order valence-corrected chi connectivity index (χ1v) is 5.88. The lowest BCUT2D eigenvalue weighted by atomic mass is 9.95. The van der Waals surface area contributed by atoms with Crippen LogP contribution in [0, 0.1) is 11.8 Å². The van der Waals surface area contributed by atoms with Gasteiger partial charge >= 0.3 is 0 Å². The fourth-order valence-corrected chi connectivity index (χ4v) is 2.99. The van der Waals surface area contributed by atoms with E-state index in [4.69, 9.17) is 5.73 Å². The van der Waals surface area contributed by atoms with Gasteiger partial charge in [0.1, 0.15) is 5.82 Å². The molecule has 4 heteroatoms. The summed E-state index contributed by atoms with van der Waals surface area (Å²) in [6.07, 6.45) is 4.06. The van der Waals surface area contributed by atoms with Crippen molar-refractivity contribution in [2.45, 2.75) is 18.9 Å². The zero-order valence-electron chi connectivity index (χ0n) is 9.21. The minimum absolute atomic E-state index is 0.0852. The molecule has 1 saturated carbocycles. The van der Waals surface area contributed by atoms with E-state index < -0.39 is 0 Å². The quantitative estimate of drug-likeness (QED) is 0.735. The molecule has 1 saturated heterocycles. The Morgan fingerprint density at radius 2 is 1.94 bits per heavy atom. The number of hydrogen-bond donors (Lipinski definition) is 2. The van der Waals surface area contributed by atoms with Crippen molar-refractivity contribution in [3.8, 4) is 0 Å². The summed E-state index contributed by atoms with van der Waals surface area (Å²) in [5.41, 5.74) is 6.70. The van der Waals surface area contributed by atoms with Gasteiger partial charge in [0.2, 0.25) is 0 Å². The highest BCUT2D eigenvalue weighted by Crippen LogP contribution is 2.38. The normalized spacial score (nSPS) is 33.1. The third-order valence-corrected chi connectivity index (χ3v) is 3.92. The highest BCUT2D eigenvalue weighted by Gasteiger charge is 2.40. The Kier molecular flexibility index (Phi) is 2.24. The predicted octanol–water partition coefficient (Wildman–Crippen LogP) is 0.871. The number of nitrogens with zero attached hydrogens (tertiary/aromatic N) is 2. The lowest BCUT2D eigenvalue weighted by molar-refractivity contribution is 0.0792. The Hall–Kier alpha value is -1.29. The molecule has 1 unspecified atom stereocenters. The predicted molar refractivity (Wildman–Crippen MR) is 63.1 cm³/mol. The summed E-state index contributed by atoms with van der Waals surface area (Å²) >= 11 is 0. The zero-order chi connectivity index (χ0) is 11.1. The van der Waals surface area contributed by atoms with Gasteiger partial charge in [-0.15, -0.1) is 0 Å². The van der Waals surface area contributed by atoms with Crippen LogP contribution in [0.5, 0.6) is 0 Å². The van der Waals surface area contributed by atoms with Gasteiger partial charge < -0.3 is 15.7 Å². The first kappa shape index (κ1) is 9.90. The second-order valence-electron chi connectivity index (χ2n) is 4.93. The van der Waals surface area contributed by atoms with Crippen LogP contribution < -0.4 is 10.6 Å². The molecule has 2 heterocycles. The van der Waals surface area contributed by atoms with Gasteiger partial charge in [-0.3, -0.25) is 0 Å². The lowest BCUT2D eigenvalue weighted by Gasteiger charge is -2.36. The third kappa shape index (κ3) is 1.53. The monoisotopic (exact) mass is 219 g/mol. The molecular weight excluding hydrogens is 202 g/mol. The molecule has 3 atom stereocenters. The van der Waals surface area contributed by atoms with Crippen molar-refractivity contribution in [3.05, 3.63) is 18.3 Å². The second-order valence-corrected chi connectivity index (χ2v) is 4.93. The molecule has 1 aliphatic carbocycles. The molecule has 0 amide bonds. The lowest BCUT2D eigenvalue weighted by Crippen LogP contribution is -2.44. The van der Waals surface area contributed by atoms with Crippen molar-refractivity contribution in [1.82, 2.24) is 4.98 Å². The van der Waals surface area contributed by atoms with E-state index in [0.29, 0.717) is 17.7 Å². The first-order chi connectivity index (χ1) is 7.74. The van der Waals surface area contributed by atoms with Gasteiger partial charge in [-0.25, -0.2) is 4.98 Å². The average molecular weight is 219 g/mol. The minimum atomic E-state index is -0.0852. The summed E-state index contributed by atoms with van der Waals surface area (Å²) in [5.74, 6) is 1.44. The van der Waals surface area contributed by atoms with Crippen molar-refractivity contribution in [1.29, 1.82) is 0 Å². The molecule has 1 aromatic heterocycles. The highest BCUT2D eigenvalue weighted by atomic mass is 16.3. The van der Waals surface area contributed by atoms with Crippen molar-refractivity contribution in [2.24, 2.45) is 11.8 Å². The standard InChI is InChI=1S/C12H17N3O/c13-11-4-3-10(5-14-11)15-6-8-1-2-9(7-15)12(8)16/h3-5,8-9,12,16H,1-2,6-7H2,(H2,13,14)/t8-,9+,12?. The molecule has 1 aliphatic heterocycles. The van der Waals surface area contributed by atoms with Crippen LogP contribution in [-0.4, -0.2) is 29.3 Å². The summed E-state index contributed by atoms with van der Waals surface area (Å²) in [7, 11) is 0. The Morgan fingerprint density at radius 3 is 2.50 bits per heavy atom. The largest absolute Gasteiger partial charge is 0.392 e. The smallest absolute Gasteiger partial charge is 0.123 e. The Morgan fingerprint density at radius 1 is 1.25 bits per heavy atom. The molecule has 4 nitrogen and oxygen atoms in total. The maximum atomic E-state index is 9.96. The van der Waals surface area contributed by atoms with E-state index in [1.165, 1.54) is 0 Å². The second kappa shape index (κ2) is 3.63. The van der Waals surface area contributed by atoms with Crippen molar-refractivity contribution >= 4 is 11.5 Å². The molecule has 1 aromatic rings. The maximum Gasteiger partial charge on any atom is 0.123 e. The number of aliphatic hydroxyl groups excluding tert-OH is 1. The number of hydrogen-bond acceptors (Lipinski definition) is 4. The van der Waals surface area contributed by atoms with Crippen LogP contribution >= 0.6 is 0 Å². The molecule has 0 aromatic carbocycles. The summed E-state index contributed by atoms with van der Waals surface area (Å²) in [6.45, 7) is 1.90. The fraction of sp³-hybridized carbons (Fsp3) is 0.583. The van der Waals surface area contributed by atoms with Gasteiger partial charge in [-0.1, -0.05) is 0 Å². The maximum absolute atomic E-state index is 9.96. The Labute approximate surface area is 95.1 Å². The number of aliphatic hydroxyl groups is 1. The molecule has 16 heavy (non-hydrogen) atoms. The Balaban J connectivity index is 1.80.